The van der Waals surface area contributed by atoms with Gasteiger partial charge in [-0.25, -0.2) is 9.50 Å². The summed E-state index contributed by atoms with van der Waals surface area (Å²) in [5.74, 6) is 0.813. The Balaban J connectivity index is 1.14. The summed E-state index contributed by atoms with van der Waals surface area (Å²) in [6.45, 7) is 15.0. The molecule has 0 bridgehead atoms. The first-order valence-electron chi connectivity index (χ1n) is 13.4. The van der Waals surface area contributed by atoms with Crippen LogP contribution in [0.15, 0.2) is 42.7 Å². The monoisotopic (exact) mass is 521 g/mol. The first-order valence-corrected chi connectivity index (χ1v) is 14.2. The van der Waals surface area contributed by atoms with Crippen molar-refractivity contribution >= 4 is 27.3 Å². The molecule has 37 heavy (non-hydrogen) atoms. The van der Waals surface area contributed by atoms with Gasteiger partial charge in [-0.2, -0.15) is 0 Å². The minimum atomic E-state index is 0.0611. The van der Waals surface area contributed by atoms with Crippen LogP contribution in [0.25, 0.3) is 16.2 Å². The van der Waals surface area contributed by atoms with Crippen molar-refractivity contribution < 1.29 is 4.79 Å². The first-order chi connectivity index (χ1) is 17.8. The Hall–Kier alpha value is -2.91. The fourth-order valence-electron chi connectivity index (χ4n) is 5.20. The van der Waals surface area contributed by atoms with Gasteiger partial charge in [0.1, 0.15) is 0 Å². The second kappa shape index (κ2) is 10.8. The maximum atomic E-state index is 13.2. The normalized spacial score (nSPS) is 17.6. The number of fused-ring (bicyclic) bond motifs is 1. The van der Waals surface area contributed by atoms with Gasteiger partial charge in [0.2, 0.25) is 16.0 Å². The lowest BCUT2D eigenvalue weighted by Gasteiger charge is -2.37. The molecule has 5 rings (SSSR count). The van der Waals surface area contributed by atoms with Crippen LogP contribution in [0.4, 0.5) is 5.13 Å². The summed E-state index contributed by atoms with van der Waals surface area (Å²) < 4.78 is 1.89. The SMILES string of the molecule is C=C(CN(C)C(=O)C1CCN(c2nn3cc(-c4ccc(C(C)C)cc4)nc3s2)CC1)N1CCN(C)CC1. The molecule has 2 aliphatic heterocycles. The highest BCUT2D eigenvalue weighted by Crippen LogP contribution is 2.30. The third kappa shape index (κ3) is 5.67. The lowest BCUT2D eigenvalue weighted by molar-refractivity contribution is -0.134. The third-order valence-electron chi connectivity index (χ3n) is 7.77. The number of benzene rings is 1. The Kier molecular flexibility index (Phi) is 7.53. The Morgan fingerprint density at radius 2 is 1.78 bits per heavy atom. The number of likely N-dealkylation sites (N-methyl/N-ethyl adjacent to an activating group) is 2. The maximum absolute atomic E-state index is 13.2. The van der Waals surface area contributed by atoms with Crippen molar-refractivity contribution in [2.75, 3.05) is 64.8 Å². The number of piperidine rings is 1. The smallest absolute Gasteiger partial charge is 0.225 e. The summed E-state index contributed by atoms with van der Waals surface area (Å²) in [5.41, 5.74) is 4.44. The number of anilines is 1. The van der Waals surface area contributed by atoms with E-state index in [1.807, 2.05) is 22.7 Å². The van der Waals surface area contributed by atoms with Crippen LogP contribution in [-0.2, 0) is 4.79 Å². The molecule has 2 aliphatic rings. The topological polar surface area (TPSA) is 60.2 Å². The van der Waals surface area contributed by atoms with Crippen molar-refractivity contribution in [2.45, 2.75) is 32.6 Å². The highest BCUT2D eigenvalue weighted by atomic mass is 32.1. The number of rotatable bonds is 7. The van der Waals surface area contributed by atoms with E-state index in [4.69, 9.17) is 10.1 Å². The lowest BCUT2D eigenvalue weighted by Crippen LogP contribution is -2.47. The Bertz CT molecular complexity index is 1200. The van der Waals surface area contributed by atoms with E-state index in [0.29, 0.717) is 12.5 Å². The Labute approximate surface area is 224 Å². The summed E-state index contributed by atoms with van der Waals surface area (Å²) in [5, 5.41) is 5.79. The number of carbonyl (C=O) groups excluding carboxylic acids is 1. The molecule has 2 fully saturated rings. The van der Waals surface area contributed by atoms with Gasteiger partial charge in [-0.1, -0.05) is 56.0 Å². The van der Waals surface area contributed by atoms with Crippen LogP contribution in [0, 0.1) is 5.92 Å². The van der Waals surface area contributed by atoms with Crippen LogP contribution >= 0.6 is 11.3 Å². The number of nitrogens with zero attached hydrogens (tertiary/aromatic N) is 7. The highest BCUT2D eigenvalue weighted by molar-refractivity contribution is 7.20. The van der Waals surface area contributed by atoms with E-state index >= 15 is 0 Å². The molecule has 198 valence electrons. The van der Waals surface area contributed by atoms with Gasteiger partial charge in [0, 0.05) is 63.5 Å². The van der Waals surface area contributed by atoms with Gasteiger partial charge >= 0.3 is 0 Å². The summed E-state index contributed by atoms with van der Waals surface area (Å²) in [6, 6.07) is 8.64. The summed E-state index contributed by atoms with van der Waals surface area (Å²) in [4.78, 5) is 27.7. The minimum absolute atomic E-state index is 0.0611. The average molecular weight is 522 g/mol. The number of hydrogen-bond donors (Lipinski definition) is 0. The number of amides is 1. The summed E-state index contributed by atoms with van der Waals surface area (Å²) in [7, 11) is 4.06. The number of hydrogen-bond acceptors (Lipinski definition) is 7. The van der Waals surface area contributed by atoms with Crippen molar-refractivity contribution in [1.29, 1.82) is 0 Å². The largest absolute Gasteiger partial charge is 0.371 e. The van der Waals surface area contributed by atoms with Crippen molar-refractivity contribution in [3.63, 3.8) is 0 Å². The maximum Gasteiger partial charge on any atom is 0.225 e. The molecular formula is C28H39N7OS. The Morgan fingerprint density at radius 3 is 2.41 bits per heavy atom. The molecule has 8 nitrogen and oxygen atoms in total. The fraction of sp³-hybridized carbons (Fsp3) is 0.536. The van der Waals surface area contributed by atoms with Gasteiger partial charge in [-0.05, 0) is 31.4 Å². The predicted molar refractivity (Wildman–Crippen MR) is 151 cm³/mol. The van der Waals surface area contributed by atoms with Crippen molar-refractivity contribution in [3.8, 4) is 11.3 Å². The van der Waals surface area contributed by atoms with Crippen LogP contribution in [0.3, 0.4) is 0 Å². The van der Waals surface area contributed by atoms with E-state index in [1.165, 1.54) is 5.56 Å². The van der Waals surface area contributed by atoms with Crippen molar-refractivity contribution in [1.82, 2.24) is 29.3 Å². The number of carbonyl (C=O) groups is 1. The zero-order valence-electron chi connectivity index (χ0n) is 22.6. The van der Waals surface area contributed by atoms with Crippen molar-refractivity contribution in [2.24, 2.45) is 5.92 Å². The number of imidazole rings is 1. The van der Waals surface area contributed by atoms with Gasteiger partial charge in [0.05, 0.1) is 18.4 Å². The molecule has 0 aliphatic carbocycles. The molecule has 0 N–H and O–H groups in total. The van der Waals surface area contributed by atoms with Gasteiger partial charge in [0.25, 0.3) is 0 Å². The summed E-state index contributed by atoms with van der Waals surface area (Å²) in [6.07, 6.45) is 3.71. The average Bonchev–Trinajstić information content (AvgIpc) is 3.48. The second-order valence-electron chi connectivity index (χ2n) is 10.8. The molecule has 9 heteroatoms. The molecule has 2 aromatic heterocycles. The number of piperazine rings is 1. The van der Waals surface area contributed by atoms with E-state index in [-0.39, 0.29) is 11.8 Å². The Morgan fingerprint density at radius 1 is 1.11 bits per heavy atom. The van der Waals surface area contributed by atoms with Crippen LogP contribution in [0.1, 0.15) is 38.2 Å². The quantitative estimate of drug-likeness (QED) is 0.468. The zero-order chi connectivity index (χ0) is 26.1. The van der Waals surface area contributed by atoms with Crippen molar-refractivity contribution in [3.05, 3.63) is 48.3 Å². The zero-order valence-corrected chi connectivity index (χ0v) is 23.4. The fourth-order valence-corrected chi connectivity index (χ4v) is 6.13. The standard InChI is InChI=1S/C28H39N7OS/c1-20(2)22-6-8-23(9-7-22)25-19-35-27(29-25)37-28(30-35)34-12-10-24(11-13-34)26(36)32(5)18-21(3)33-16-14-31(4)15-17-33/h6-9,19-20,24H,3,10-18H2,1-2,4-5H3. The summed E-state index contributed by atoms with van der Waals surface area (Å²) >= 11 is 1.62. The van der Waals surface area contributed by atoms with E-state index in [1.54, 1.807) is 11.3 Å². The van der Waals surface area contributed by atoms with Crippen LogP contribution in [-0.4, -0.2) is 95.1 Å². The molecular weight excluding hydrogens is 482 g/mol. The molecule has 1 aromatic carbocycles. The van der Waals surface area contributed by atoms with Crippen LogP contribution < -0.4 is 4.90 Å². The second-order valence-corrected chi connectivity index (χ2v) is 11.8. The molecule has 0 atom stereocenters. The van der Waals surface area contributed by atoms with Gasteiger partial charge in [-0.15, -0.1) is 5.10 Å². The van der Waals surface area contributed by atoms with E-state index in [9.17, 15) is 4.79 Å². The van der Waals surface area contributed by atoms with Gasteiger partial charge in [-0.3, -0.25) is 4.79 Å². The molecule has 2 saturated heterocycles. The van der Waals surface area contributed by atoms with Crippen LogP contribution in [0.2, 0.25) is 0 Å². The molecule has 0 unspecified atom stereocenters. The van der Waals surface area contributed by atoms with Gasteiger partial charge < -0.3 is 19.6 Å². The first kappa shape index (κ1) is 25.7. The molecule has 0 radical (unpaired) electrons. The molecule has 4 heterocycles. The lowest BCUT2D eigenvalue weighted by atomic mass is 9.95. The van der Waals surface area contributed by atoms with E-state index in [0.717, 1.165) is 79.2 Å². The third-order valence-corrected chi connectivity index (χ3v) is 8.75. The highest BCUT2D eigenvalue weighted by Gasteiger charge is 2.29. The minimum Gasteiger partial charge on any atom is -0.371 e. The number of aromatic nitrogens is 3. The predicted octanol–water partition coefficient (Wildman–Crippen LogP) is 4.02. The molecule has 0 spiro atoms. The molecule has 3 aromatic rings. The molecule has 1 amide bonds. The van der Waals surface area contributed by atoms with E-state index in [2.05, 4.69) is 66.4 Å². The van der Waals surface area contributed by atoms with Gasteiger partial charge in [0.15, 0.2) is 0 Å². The molecule has 0 saturated carbocycles. The van der Waals surface area contributed by atoms with E-state index < -0.39 is 0 Å². The van der Waals surface area contributed by atoms with Crippen LogP contribution in [0.5, 0.6) is 0 Å².